The topological polar surface area (TPSA) is 117 Å². The van der Waals surface area contributed by atoms with Crippen molar-refractivity contribution in [1.29, 1.82) is 0 Å². The molecule has 0 bridgehead atoms. The third-order valence-corrected chi connectivity index (χ3v) is 7.28. The van der Waals surface area contributed by atoms with E-state index in [2.05, 4.69) is 4.98 Å². The number of para-hydroxylation sites is 1. The molecule has 0 aliphatic carbocycles. The fraction of sp³-hybridized carbons (Fsp3) is 0.231. The summed E-state index contributed by atoms with van der Waals surface area (Å²) in [5.74, 6) is -0.207. The number of methoxy groups -OCH3 is 4. The number of esters is 1. The summed E-state index contributed by atoms with van der Waals surface area (Å²) in [6.45, 7) is 1.64. The summed E-state index contributed by atoms with van der Waals surface area (Å²) < 4.78 is 27.3. The summed E-state index contributed by atoms with van der Waals surface area (Å²) in [6.07, 6.45) is 0. The van der Waals surface area contributed by atoms with Crippen LogP contribution in [0.1, 0.15) is 43.1 Å². The van der Waals surface area contributed by atoms with Crippen LogP contribution < -0.4 is 24.5 Å². The Balaban J connectivity index is 1.82. The molecule has 2 aromatic carbocycles. The Morgan fingerprint density at radius 1 is 1.03 bits per heavy atom. The van der Waals surface area contributed by atoms with Gasteiger partial charge in [-0.3, -0.25) is 14.5 Å². The molecule has 2 aromatic heterocycles. The van der Waals surface area contributed by atoms with Crippen LogP contribution in [0.5, 0.6) is 17.2 Å². The van der Waals surface area contributed by atoms with Gasteiger partial charge in [-0.1, -0.05) is 23.5 Å². The second-order valence-corrected chi connectivity index (χ2v) is 9.09. The fourth-order valence-corrected chi connectivity index (χ4v) is 5.47. The standard InChI is InChI=1S/C26H22N2O8S/c1-12-23(25(31)35-5)37-26(27-12)28-19(13-10-16(32-2)21(34-4)17(11-13)33-3)18-20(29)14-8-6-7-9-15(14)36-22(18)24(28)30/h6-11,19H,1-5H3/t19-/m1/s1. The summed E-state index contributed by atoms with van der Waals surface area (Å²) in [7, 11) is 5.70. The Kier molecular flexibility index (Phi) is 6.08. The van der Waals surface area contributed by atoms with E-state index in [-0.39, 0.29) is 32.3 Å². The number of carbonyl (C=O) groups is 2. The minimum Gasteiger partial charge on any atom is -0.493 e. The molecule has 1 amide bonds. The average molecular weight is 523 g/mol. The minimum atomic E-state index is -0.951. The van der Waals surface area contributed by atoms with Crippen molar-refractivity contribution < 1.29 is 33.0 Å². The molecule has 0 N–H and O–H groups in total. The zero-order chi connectivity index (χ0) is 26.4. The van der Waals surface area contributed by atoms with Crippen molar-refractivity contribution in [1.82, 2.24) is 4.98 Å². The smallest absolute Gasteiger partial charge is 0.350 e. The number of thiazole rings is 1. The van der Waals surface area contributed by atoms with Crippen molar-refractivity contribution in [2.75, 3.05) is 33.3 Å². The molecular formula is C26H22N2O8S. The highest BCUT2D eigenvalue weighted by atomic mass is 32.1. The van der Waals surface area contributed by atoms with Gasteiger partial charge in [0.2, 0.25) is 11.5 Å². The van der Waals surface area contributed by atoms with Crippen molar-refractivity contribution in [3.05, 3.63) is 74.1 Å². The molecule has 190 valence electrons. The van der Waals surface area contributed by atoms with Crippen LogP contribution >= 0.6 is 11.3 Å². The molecule has 10 nitrogen and oxygen atoms in total. The largest absolute Gasteiger partial charge is 0.493 e. The van der Waals surface area contributed by atoms with Gasteiger partial charge in [-0.05, 0) is 36.8 Å². The zero-order valence-electron chi connectivity index (χ0n) is 20.6. The normalized spacial score (nSPS) is 14.6. The van der Waals surface area contributed by atoms with Crippen LogP contribution in [-0.4, -0.2) is 45.3 Å². The lowest BCUT2D eigenvalue weighted by atomic mass is 9.98. The molecule has 0 unspecified atom stereocenters. The maximum atomic E-state index is 13.8. The van der Waals surface area contributed by atoms with Crippen molar-refractivity contribution in [2.45, 2.75) is 13.0 Å². The predicted octanol–water partition coefficient (Wildman–Crippen LogP) is 4.12. The second kappa shape index (κ2) is 9.25. The number of ether oxygens (including phenoxy) is 4. The summed E-state index contributed by atoms with van der Waals surface area (Å²) >= 11 is 0.988. The summed E-state index contributed by atoms with van der Waals surface area (Å²) in [5, 5.41) is 0.537. The van der Waals surface area contributed by atoms with E-state index in [1.807, 2.05) is 0 Å². The number of aryl methyl sites for hydroxylation is 1. The van der Waals surface area contributed by atoms with E-state index < -0.39 is 17.9 Å². The highest BCUT2D eigenvalue weighted by Gasteiger charge is 2.46. The molecule has 0 saturated heterocycles. The first kappa shape index (κ1) is 24.3. The minimum absolute atomic E-state index is 0.102. The number of fused-ring (bicyclic) bond motifs is 2. The lowest BCUT2D eigenvalue weighted by Gasteiger charge is -2.24. The molecule has 1 atom stereocenters. The van der Waals surface area contributed by atoms with Gasteiger partial charge in [0.05, 0.1) is 51.1 Å². The van der Waals surface area contributed by atoms with E-state index in [0.29, 0.717) is 33.9 Å². The summed E-state index contributed by atoms with van der Waals surface area (Å²) in [4.78, 5) is 46.0. The Morgan fingerprint density at radius 3 is 2.32 bits per heavy atom. The van der Waals surface area contributed by atoms with E-state index in [9.17, 15) is 14.4 Å². The molecule has 0 fully saturated rings. The quantitative estimate of drug-likeness (QED) is 0.345. The predicted molar refractivity (Wildman–Crippen MR) is 135 cm³/mol. The van der Waals surface area contributed by atoms with Gasteiger partial charge in [0.25, 0.3) is 5.91 Å². The monoisotopic (exact) mass is 522 g/mol. The van der Waals surface area contributed by atoms with Gasteiger partial charge in [0.15, 0.2) is 22.1 Å². The number of hydrogen-bond donors (Lipinski definition) is 0. The van der Waals surface area contributed by atoms with E-state index in [0.717, 1.165) is 11.3 Å². The first-order valence-electron chi connectivity index (χ1n) is 11.1. The fourth-order valence-electron chi connectivity index (χ4n) is 4.46. The molecule has 3 heterocycles. The summed E-state index contributed by atoms with van der Waals surface area (Å²) in [5.41, 5.74) is 0.967. The number of carbonyl (C=O) groups excluding carboxylic acids is 2. The number of anilines is 1. The number of amides is 1. The molecular weight excluding hydrogens is 500 g/mol. The molecule has 11 heteroatoms. The van der Waals surface area contributed by atoms with Crippen LogP contribution in [0.15, 0.2) is 45.6 Å². The lowest BCUT2D eigenvalue weighted by Crippen LogP contribution is -2.29. The van der Waals surface area contributed by atoms with Crippen molar-refractivity contribution in [2.24, 2.45) is 0 Å². The Morgan fingerprint density at radius 2 is 1.70 bits per heavy atom. The number of aromatic nitrogens is 1. The van der Waals surface area contributed by atoms with Crippen LogP contribution in [-0.2, 0) is 4.74 Å². The van der Waals surface area contributed by atoms with E-state index in [1.54, 1.807) is 43.3 Å². The third kappa shape index (κ3) is 3.70. The molecule has 0 radical (unpaired) electrons. The zero-order valence-corrected chi connectivity index (χ0v) is 21.4. The highest BCUT2D eigenvalue weighted by molar-refractivity contribution is 7.17. The Labute approximate surface area is 215 Å². The molecule has 1 aliphatic heterocycles. The highest BCUT2D eigenvalue weighted by Crippen LogP contribution is 2.47. The number of benzene rings is 2. The van der Waals surface area contributed by atoms with E-state index >= 15 is 0 Å². The van der Waals surface area contributed by atoms with Crippen LogP contribution in [0, 0.1) is 6.92 Å². The van der Waals surface area contributed by atoms with Gasteiger partial charge in [0.1, 0.15) is 10.5 Å². The maximum absolute atomic E-state index is 13.8. The van der Waals surface area contributed by atoms with E-state index in [1.165, 1.54) is 33.3 Å². The van der Waals surface area contributed by atoms with Gasteiger partial charge in [-0.25, -0.2) is 9.78 Å². The summed E-state index contributed by atoms with van der Waals surface area (Å²) in [6, 6.07) is 9.09. The second-order valence-electron chi connectivity index (χ2n) is 8.11. The maximum Gasteiger partial charge on any atom is 0.350 e. The van der Waals surface area contributed by atoms with Gasteiger partial charge in [-0.15, -0.1) is 0 Å². The van der Waals surface area contributed by atoms with Gasteiger partial charge in [-0.2, -0.15) is 0 Å². The number of hydrogen-bond acceptors (Lipinski definition) is 10. The van der Waals surface area contributed by atoms with Crippen LogP contribution in [0.3, 0.4) is 0 Å². The van der Waals surface area contributed by atoms with Gasteiger partial charge >= 0.3 is 5.97 Å². The Hall–Kier alpha value is -4.38. The number of nitrogens with zero attached hydrogens (tertiary/aromatic N) is 2. The van der Waals surface area contributed by atoms with Crippen LogP contribution in [0.25, 0.3) is 11.0 Å². The SMILES string of the molecule is COC(=O)c1sc(N2C(=O)c3oc4ccccc4c(=O)c3[C@H]2c2cc(OC)c(OC)c(OC)c2)nc1C. The first-order chi connectivity index (χ1) is 17.8. The number of rotatable bonds is 6. The third-order valence-electron chi connectivity index (χ3n) is 6.14. The van der Waals surface area contributed by atoms with Gasteiger partial charge < -0.3 is 23.4 Å². The molecule has 0 spiro atoms. The first-order valence-corrected chi connectivity index (χ1v) is 11.9. The van der Waals surface area contributed by atoms with Crippen molar-refractivity contribution in [3.63, 3.8) is 0 Å². The van der Waals surface area contributed by atoms with Crippen LogP contribution in [0.4, 0.5) is 5.13 Å². The van der Waals surface area contributed by atoms with E-state index in [4.69, 9.17) is 23.4 Å². The molecule has 0 saturated carbocycles. The lowest BCUT2D eigenvalue weighted by molar-refractivity contribution is 0.0605. The average Bonchev–Trinajstić information content (AvgIpc) is 3.44. The molecule has 5 rings (SSSR count). The Bertz CT molecular complexity index is 1600. The van der Waals surface area contributed by atoms with Crippen molar-refractivity contribution in [3.8, 4) is 17.2 Å². The molecule has 4 aromatic rings. The molecule has 1 aliphatic rings. The van der Waals surface area contributed by atoms with Crippen molar-refractivity contribution >= 4 is 39.3 Å². The molecule has 37 heavy (non-hydrogen) atoms. The van der Waals surface area contributed by atoms with Gasteiger partial charge in [0, 0.05) is 0 Å². The van der Waals surface area contributed by atoms with Crippen LogP contribution in [0.2, 0.25) is 0 Å².